The minimum atomic E-state index is -0.443. The van der Waals surface area contributed by atoms with Gasteiger partial charge in [-0.05, 0) is 6.92 Å². The van der Waals surface area contributed by atoms with Gasteiger partial charge in [0.15, 0.2) is 0 Å². The van der Waals surface area contributed by atoms with Gasteiger partial charge in [0, 0.05) is 6.42 Å². The number of aliphatic imine (C=N–C) groups is 1. The lowest BCUT2D eigenvalue weighted by atomic mass is 10.2. The summed E-state index contributed by atoms with van der Waals surface area (Å²) in [5.74, 6) is -0.443. The summed E-state index contributed by atoms with van der Waals surface area (Å²) < 4.78 is 4.73. The summed E-state index contributed by atoms with van der Waals surface area (Å²) >= 11 is 11.2. The smallest absolute Gasteiger partial charge is 0.337 e. The number of esters is 1. The van der Waals surface area contributed by atoms with E-state index in [0.717, 1.165) is 0 Å². The van der Waals surface area contributed by atoms with Crippen molar-refractivity contribution < 1.29 is 9.53 Å². The highest BCUT2D eigenvalue weighted by molar-refractivity contribution is 6.67. The number of ether oxygens (including phenoxy) is 1. The summed E-state index contributed by atoms with van der Waals surface area (Å²) in [6.45, 7) is 2.05. The Morgan fingerprint density at radius 2 is 2.33 bits per heavy atom. The summed E-state index contributed by atoms with van der Waals surface area (Å²) in [6.07, 6.45) is 0.277. The molecule has 0 spiro atoms. The molecule has 0 unspecified atom stereocenters. The van der Waals surface area contributed by atoms with Gasteiger partial charge in [-0.15, -0.1) is 0 Å². The number of rotatable bonds is 2. The van der Waals surface area contributed by atoms with Gasteiger partial charge in [0.1, 0.15) is 10.3 Å². The predicted molar refractivity (Wildman–Crippen MR) is 47.4 cm³/mol. The molecule has 5 heteroatoms. The van der Waals surface area contributed by atoms with Crippen molar-refractivity contribution in [2.75, 3.05) is 6.61 Å². The Balaban J connectivity index is 2.68. The van der Waals surface area contributed by atoms with Crippen molar-refractivity contribution in [2.24, 2.45) is 4.99 Å². The number of nitrogens with zero attached hydrogens (tertiary/aromatic N) is 1. The van der Waals surface area contributed by atoms with E-state index < -0.39 is 5.97 Å². The number of hydrogen-bond acceptors (Lipinski definition) is 3. The molecule has 0 radical (unpaired) electrons. The Bertz CT molecular complexity index is 271. The zero-order chi connectivity index (χ0) is 9.14. The quantitative estimate of drug-likeness (QED) is 0.514. The molecule has 0 saturated heterocycles. The zero-order valence-electron chi connectivity index (χ0n) is 6.43. The fourth-order valence-corrected chi connectivity index (χ4v) is 1.31. The van der Waals surface area contributed by atoms with Crippen molar-refractivity contribution in [3.63, 3.8) is 0 Å². The van der Waals surface area contributed by atoms with Crippen LogP contribution in [0.15, 0.2) is 15.7 Å². The molecule has 1 aliphatic rings. The highest BCUT2D eigenvalue weighted by Gasteiger charge is 2.22. The molecule has 0 N–H and O–H groups in total. The van der Waals surface area contributed by atoms with Crippen LogP contribution in [0, 0.1) is 0 Å². The molecule has 1 aliphatic heterocycles. The van der Waals surface area contributed by atoms with Gasteiger partial charge in [-0.1, -0.05) is 23.2 Å². The number of carbonyl (C=O) groups excluding carboxylic acids is 1. The first kappa shape index (κ1) is 9.55. The molecule has 66 valence electrons. The van der Waals surface area contributed by atoms with Gasteiger partial charge in [-0.3, -0.25) is 0 Å². The number of hydrogen-bond donors (Lipinski definition) is 0. The van der Waals surface area contributed by atoms with Gasteiger partial charge < -0.3 is 4.74 Å². The largest absolute Gasteiger partial charge is 0.463 e. The predicted octanol–water partition coefficient (Wildman–Crippen LogP) is 2.04. The SMILES string of the molecule is CCOC(=O)C1=C(Cl)N=C(Cl)C1. The molecule has 0 aromatic heterocycles. The lowest BCUT2D eigenvalue weighted by Gasteiger charge is -2.00. The minimum Gasteiger partial charge on any atom is -0.463 e. The fourth-order valence-electron chi connectivity index (χ4n) is 0.807. The summed E-state index contributed by atoms with van der Waals surface area (Å²) in [5.41, 5.74) is 0.337. The Morgan fingerprint density at radius 1 is 1.67 bits per heavy atom. The Morgan fingerprint density at radius 3 is 2.75 bits per heavy atom. The number of carbonyl (C=O) groups is 1. The second-order valence-electron chi connectivity index (χ2n) is 2.15. The average Bonchev–Trinajstić information content (AvgIpc) is 2.30. The summed E-state index contributed by atoms with van der Waals surface area (Å²) in [6, 6.07) is 0. The molecule has 3 nitrogen and oxygen atoms in total. The summed E-state index contributed by atoms with van der Waals surface area (Å²) in [4.78, 5) is 14.8. The van der Waals surface area contributed by atoms with Crippen LogP contribution < -0.4 is 0 Å². The van der Waals surface area contributed by atoms with Crippen LogP contribution in [-0.4, -0.2) is 17.7 Å². The molecule has 1 rings (SSSR count). The fraction of sp³-hybridized carbons (Fsp3) is 0.429. The molecule has 0 amide bonds. The molecule has 0 aromatic rings. The Labute approximate surface area is 80.0 Å². The first-order chi connectivity index (χ1) is 5.65. The van der Waals surface area contributed by atoms with E-state index in [0.29, 0.717) is 17.4 Å². The lowest BCUT2D eigenvalue weighted by Crippen LogP contribution is -2.07. The van der Waals surface area contributed by atoms with Crippen molar-refractivity contribution in [3.05, 3.63) is 10.7 Å². The maximum atomic E-state index is 11.1. The van der Waals surface area contributed by atoms with Crippen LogP contribution in [0.1, 0.15) is 13.3 Å². The van der Waals surface area contributed by atoms with E-state index in [9.17, 15) is 4.79 Å². The van der Waals surface area contributed by atoms with Gasteiger partial charge in [0.2, 0.25) is 0 Å². The van der Waals surface area contributed by atoms with Crippen LogP contribution in [0.4, 0.5) is 0 Å². The average molecular weight is 208 g/mol. The maximum absolute atomic E-state index is 11.1. The third kappa shape index (κ3) is 1.99. The van der Waals surface area contributed by atoms with Gasteiger partial charge >= 0.3 is 5.97 Å². The summed E-state index contributed by atoms with van der Waals surface area (Å²) in [5, 5.41) is 0.460. The van der Waals surface area contributed by atoms with Crippen LogP contribution in [-0.2, 0) is 9.53 Å². The first-order valence-corrected chi connectivity index (χ1v) is 4.19. The van der Waals surface area contributed by atoms with Crippen LogP contribution in [0.3, 0.4) is 0 Å². The third-order valence-electron chi connectivity index (χ3n) is 1.31. The second-order valence-corrected chi connectivity index (χ2v) is 2.95. The monoisotopic (exact) mass is 207 g/mol. The van der Waals surface area contributed by atoms with Crippen LogP contribution in [0.5, 0.6) is 0 Å². The molecule has 0 bridgehead atoms. The van der Waals surface area contributed by atoms with E-state index in [1.165, 1.54) is 0 Å². The molecule has 0 aliphatic carbocycles. The number of halogens is 2. The van der Waals surface area contributed by atoms with E-state index in [4.69, 9.17) is 27.9 Å². The van der Waals surface area contributed by atoms with E-state index in [1.54, 1.807) is 6.92 Å². The van der Waals surface area contributed by atoms with Crippen molar-refractivity contribution >= 4 is 34.3 Å². The van der Waals surface area contributed by atoms with Crippen LogP contribution >= 0.6 is 23.2 Å². The second kappa shape index (κ2) is 3.92. The van der Waals surface area contributed by atoms with E-state index in [2.05, 4.69) is 4.99 Å². The summed E-state index contributed by atoms with van der Waals surface area (Å²) in [7, 11) is 0. The normalized spacial score (nSPS) is 16.4. The molecule has 0 atom stereocenters. The molecular weight excluding hydrogens is 201 g/mol. The van der Waals surface area contributed by atoms with E-state index >= 15 is 0 Å². The Hall–Kier alpha value is -0.540. The van der Waals surface area contributed by atoms with Crippen LogP contribution in [0.2, 0.25) is 0 Å². The Kier molecular flexibility index (Phi) is 3.12. The third-order valence-corrected chi connectivity index (χ3v) is 1.84. The zero-order valence-corrected chi connectivity index (χ0v) is 7.95. The topological polar surface area (TPSA) is 38.7 Å². The van der Waals surface area contributed by atoms with Crippen molar-refractivity contribution in [1.29, 1.82) is 0 Å². The molecular formula is C7H7Cl2NO2. The molecule has 0 aromatic carbocycles. The minimum absolute atomic E-state index is 0.137. The standard InChI is InChI=1S/C7H7Cl2NO2/c1-2-12-7(11)4-3-5(8)10-6(4)9/h2-3H2,1H3. The highest BCUT2D eigenvalue weighted by atomic mass is 35.5. The van der Waals surface area contributed by atoms with Gasteiger partial charge in [0.25, 0.3) is 0 Å². The van der Waals surface area contributed by atoms with Gasteiger partial charge in [-0.25, -0.2) is 9.79 Å². The highest BCUT2D eigenvalue weighted by Crippen LogP contribution is 2.25. The lowest BCUT2D eigenvalue weighted by molar-refractivity contribution is -0.138. The first-order valence-electron chi connectivity index (χ1n) is 3.44. The van der Waals surface area contributed by atoms with Crippen molar-refractivity contribution in [3.8, 4) is 0 Å². The van der Waals surface area contributed by atoms with Crippen molar-refractivity contribution in [2.45, 2.75) is 13.3 Å². The van der Waals surface area contributed by atoms with Crippen molar-refractivity contribution in [1.82, 2.24) is 0 Å². The maximum Gasteiger partial charge on any atom is 0.337 e. The molecule has 0 fully saturated rings. The molecule has 12 heavy (non-hydrogen) atoms. The van der Waals surface area contributed by atoms with E-state index in [-0.39, 0.29) is 11.6 Å². The van der Waals surface area contributed by atoms with E-state index in [1.807, 2.05) is 0 Å². The van der Waals surface area contributed by atoms with Gasteiger partial charge in [-0.2, -0.15) is 0 Å². The van der Waals surface area contributed by atoms with Crippen LogP contribution in [0.25, 0.3) is 0 Å². The molecule has 0 saturated carbocycles. The van der Waals surface area contributed by atoms with Gasteiger partial charge in [0.05, 0.1) is 12.2 Å². The molecule has 1 heterocycles.